The van der Waals surface area contributed by atoms with Gasteiger partial charge in [0.1, 0.15) is 6.33 Å². The van der Waals surface area contributed by atoms with Crippen LogP contribution in [0.5, 0.6) is 0 Å². The van der Waals surface area contributed by atoms with Crippen LogP contribution in [0.4, 0.5) is 0 Å². The van der Waals surface area contributed by atoms with Gasteiger partial charge in [-0.15, -0.1) is 0 Å². The second-order valence-corrected chi connectivity index (χ2v) is 6.69. The Morgan fingerprint density at radius 3 is 3.04 bits per heavy atom. The second kappa shape index (κ2) is 5.16. The van der Waals surface area contributed by atoms with E-state index in [0.29, 0.717) is 34.5 Å². The second-order valence-electron chi connectivity index (χ2n) is 6.29. The fraction of sp³-hybridized carbons (Fsp3) is 0.294. The molecule has 25 heavy (non-hydrogen) atoms. The standard InChI is InChI=1S/C17H14ClN5O2/c1-9-20-16(25-21-9)14-15-12-6-3-7-22(12)17(24)13-10(18)4-2-5-11(13)23(15)8-19-14/h2,4-5,8,12H,3,6-7H2,1H3. The van der Waals surface area contributed by atoms with Gasteiger partial charge in [-0.3, -0.25) is 9.36 Å². The van der Waals surface area contributed by atoms with E-state index in [1.807, 2.05) is 21.6 Å². The summed E-state index contributed by atoms with van der Waals surface area (Å²) in [6, 6.07) is 5.38. The lowest BCUT2D eigenvalue weighted by Gasteiger charge is -2.22. The number of carbonyl (C=O) groups excluding carboxylic acids is 1. The van der Waals surface area contributed by atoms with Gasteiger partial charge < -0.3 is 9.42 Å². The van der Waals surface area contributed by atoms with E-state index in [0.717, 1.165) is 24.2 Å². The summed E-state index contributed by atoms with van der Waals surface area (Å²) < 4.78 is 7.27. The van der Waals surface area contributed by atoms with Crippen molar-refractivity contribution in [3.63, 3.8) is 0 Å². The summed E-state index contributed by atoms with van der Waals surface area (Å²) in [7, 11) is 0. The van der Waals surface area contributed by atoms with Gasteiger partial charge in [-0.2, -0.15) is 4.98 Å². The molecule has 7 nitrogen and oxygen atoms in total. The molecular formula is C17H14ClN5O2. The molecule has 1 saturated heterocycles. The summed E-state index contributed by atoms with van der Waals surface area (Å²) in [6.07, 6.45) is 3.50. The van der Waals surface area contributed by atoms with Crippen LogP contribution < -0.4 is 0 Å². The van der Waals surface area contributed by atoms with Gasteiger partial charge >= 0.3 is 0 Å². The van der Waals surface area contributed by atoms with Crippen LogP contribution in [0.15, 0.2) is 29.0 Å². The van der Waals surface area contributed by atoms with Crippen molar-refractivity contribution < 1.29 is 9.32 Å². The van der Waals surface area contributed by atoms with Gasteiger partial charge in [0.2, 0.25) is 0 Å². The smallest absolute Gasteiger partial charge is 0.278 e. The summed E-state index contributed by atoms with van der Waals surface area (Å²) in [5.41, 5.74) is 2.77. The van der Waals surface area contributed by atoms with Crippen LogP contribution in [-0.4, -0.2) is 37.0 Å². The summed E-state index contributed by atoms with van der Waals surface area (Å²) >= 11 is 6.37. The molecular weight excluding hydrogens is 342 g/mol. The average molecular weight is 356 g/mol. The molecule has 2 aliphatic rings. The molecule has 1 unspecified atom stereocenters. The number of halogens is 1. The van der Waals surface area contributed by atoms with Crippen molar-refractivity contribution in [2.45, 2.75) is 25.8 Å². The molecule has 0 bridgehead atoms. The number of imidazole rings is 1. The molecule has 1 fully saturated rings. The van der Waals surface area contributed by atoms with Gasteiger partial charge in [0.15, 0.2) is 11.5 Å². The Morgan fingerprint density at radius 2 is 2.24 bits per heavy atom. The molecule has 0 spiro atoms. The molecule has 0 N–H and O–H groups in total. The number of hydrogen-bond acceptors (Lipinski definition) is 5. The van der Waals surface area contributed by atoms with Crippen molar-refractivity contribution in [1.29, 1.82) is 0 Å². The Bertz CT molecular complexity index is 1010. The largest absolute Gasteiger partial charge is 0.332 e. The molecule has 3 aromatic rings. The Balaban J connectivity index is 1.82. The Kier molecular flexibility index (Phi) is 3.03. The number of carbonyl (C=O) groups is 1. The van der Waals surface area contributed by atoms with Crippen molar-refractivity contribution in [2.24, 2.45) is 0 Å². The van der Waals surface area contributed by atoms with Crippen LogP contribution in [0.25, 0.3) is 17.3 Å². The zero-order valence-electron chi connectivity index (χ0n) is 13.4. The van der Waals surface area contributed by atoms with E-state index in [2.05, 4.69) is 15.1 Å². The van der Waals surface area contributed by atoms with Crippen LogP contribution in [0.1, 0.15) is 40.8 Å². The van der Waals surface area contributed by atoms with Crippen LogP contribution in [0.2, 0.25) is 5.02 Å². The normalized spacial score (nSPS) is 18.7. The fourth-order valence-corrected chi connectivity index (χ4v) is 4.04. The van der Waals surface area contributed by atoms with Gasteiger partial charge in [0.05, 0.1) is 28.0 Å². The lowest BCUT2D eigenvalue weighted by atomic mass is 10.1. The Labute approximate surface area is 148 Å². The predicted octanol–water partition coefficient (Wildman–Crippen LogP) is 3.17. The molecule has 1 atom stereocenters. The van der Waals surface area contributed by atoms with Gasteiger partial charge in [-0.1, -0.05) is 22.8 Å². The summed E-state index contributed by atoms with van der Waals surface area (Å²) in [6.45, 7) is 2.46. The minimum atomic E-state index is -0.0827. The molecule has 2 aliphatic heterocycles. The summed E-state index contributed by atoms with van der Waals surface area (Å²) in [4.78, 5) is 23.8. The number of rotatable bonds is 1. The van der Waals surface area contributed by atoms with E-state index in [4.69, 9.17) is 16.1 Å². The maximum atomic E-state index is 13.1. The highest BCUT2D eigenvalue weighted by Gasteiger charge is 2.40. The minimum absolute atomic E-state index is 0.0422. The van der Waals surface area contributed by atoms with E-state index in [-0.39, 0.29) is 11.9 Å². The molecule has 5 rings (SSSR count). The van der Waals surface area contributed by atoms with Gasteiger partial charge in [0.25, 0.3) is 11.8 Å². The maximum Gasteiger partial charge on any atom is 0.278 e. The first-order chi connectivity index (χ1) is 12.1. The highest BCUT2D eigenvalue weighted by Crippen LogP contribution is 2.43. The van der Waals surface area contributed by atoms with E-state index in [9.17, 15) is 4.79 Å². The van der Waals surface area contributed by atoms with Crippen molar-refractivity contribution in [2.75, 3.05) is 6.54 Å². The molecule has 2 aromatic heterocycles. The SMILES string of the molecule is Cc1noc(-c2ncn3c2C2CCCN2C(=O)c2c(Cl)cccc2-3)n1. The van der Waals surface area contributed by atoms with Crippen molar-refractivity contribution in [1.82, 2.24) is 24.6 Å². The molecule has 1 amide bonds. The van der Waals surface area contributed by atoms with Gasteiger partial charge in [-0.05, 0) is 31.9 Å². The Hall–Kier alpha value is -2.67. The lowest BCUT2D eigenvalue weighted by Crippen LogP contribution is -2.29. The third kappa shape index (κ3) is 1.99. The van der Waals surface area contributed by atoms with E-state index < -0.39 is 0 Å². The van der Waals surface area contributed by atoms with Crippen molar-refractivity contribution >= 4 is 17.5 Å². The third-order valence-electron chi connectivity index (χ3n) is 4.83. The topological polar surface area (TPSA) is 77.0 Å². The number of hydrogen-bond donors (Lipinski definition) is 0. The molecule has 126 valence electrons. The first-order valence-electron chi connectivity index (χ1n) is 8.13. The number of aryl methyl sites for hydroxylation is 1. The van der Waals surface area contributed by atoms with Crippen LogP contribution in [0.3, 0.4) is 0 Å². The minimum Gasteiger partial charge on any atom is -0.332 e. The predicted molar refractivity (Wildman–Crippen MR) is 89.6 cm³/mol. The molecule has 0 radical (unpaired) electrons. The third-order valence-corrected chi connectivity index (χ3v) is 5.14. The molecule has 8 heteroatoms. The first kappa shape index (κ1) is 14.7. The lowest BCUT2D eigenvalue weighted by molar-refractivity contribution is 0.0739. The number of nitrogens with zero attached hydrogens (tertiary/aromatic N) is 5. The van der Waals surface area contributed by atoms with Crippen LogP contribution in [-0.2, 0) is 0 Å². The molecule has 1 aromatic carbocycles. The summed E-state index contributed by atoms with van der Waals surface area (Å²) in [5.74, 6) is 0.878. The molecule has 0 aliphatic carbocycles. The van der Waals surface area contributed by atoms with Gasteiger partial charge in [-0.25, -0.2) is 4.98 Å². The summed E-state index contributed by atoms with van der Waals surface area (Å²) in [5, 5.41) is 4.32. The monoisotopic (exact) mass is 355 g/mol. The quantitative estimate of drug-likeness (QED) is 0.670. The average Bonchev–Trinajstić information content (AvgIpc) is 3.30. The number of aromatic nitrogens is 4. The van der Waals surface area contributed by atoms with Crippen molar-refractivity contribution in [3.8, 4) is 17.3 Å². The fourth-order valence-electron chi connectivity index (χ4n) is 3.79. The Morgan fingerprint density at radius 1 is 1.36 bits per heavy atom. The molecule has 4 heterocycles. The van der Waals surface area contributed by atoms with E-state index in [1.165, 1.54) is 0 Å². The van der Waals surface area contributed by atoms with Crippen molar-refractivity contribution in [3.05, 3.63) is 46.6 Å². The van der Waals surface area contributed by atoms with Crippen LogP contribution in [0, 0.1) is 6.92 Å². The van der Waals surface area contributed by atoms with E-state index in [1.54, 1.807) is 19.3 Å². The number of amides is 1. The van der Waals surface area contributed by atoms with Crippen LogP contribution >= 0.6 is 11.6 Å². The highest BCUT2D eigenvalue weighted by molar-refractivity contribution is 6.34. The number of benzene rings is 1. The maximum absolute atomic E-state index is 13.1. The van der Waals surface area contributed by atoms with E-state index >= 15 is 0 Å². The highest BCUT2D eigenvalue weighted by atomic mass is 35.5. The first-order valence-corrected chi connectivity index (χ1v) is 8.50. The molecule has 0 saturated carbocycles. The van der Waals surface area contributed by atoms with Gasteiger partial charge in [0, 0.05) is 6.54 Å². The zero-order valence-corrected chi connectivity index (χ0v) is 14.2. The number of fused-ring (bicyclic) bond motifs is 5. The zero-order chi connectivity index (χ0) is 17.1.